The highest BCUT2D eigenvalue weighted by atomic mass is 32.1. The molecule has 0 fully saturated rings. The predicted octanol–water partition coefficient (Wildman–Crippen LogP) is 18.3. The Morgan fingerprint density at radius 3 is 1.66 bits per heavy atom. The topological polar surface area (TPSA) is 70.9 Å². The lowest BCUT2D eigenvalue weighted by Crippen LogP contribution is -1.99. The number of aromatic nitrogens is 2. The molecule has 0 amide bonds. The Morgan fingerprint density at radius 2 is 1.06 bits per heavy atom. The number of rotatable bonds is 28. The summed E-state index contributed by atoms with van der Waals surface area (Å²) in [6.07, 6.45) is 28.2. The molecule has 7 aromatic rings. The third kappa shape index (κ3) is 11.7. The molecule has 0 bridgehead atoms. The largest absolute Gasteiger partial charge is 0.477 e. The van der Waals surface area contributed by atoms with E-state index in [4.69, 9.17) is 0 Å². The van der Waals surface area contributed by atoms with E-state index in [-0.39, 0.29) is 5.57 Å². The molecule has 0 saturated carbocycles. The second-order valence-corrected chi connectivity index (χ2v) is 20.7. The van der Waals surface area contributed by atoms with E-state index in [2.05, 4.69) is 104 Å². The van der Waals surface area contributed by atoms with Gasteiger partial charge >= 0.3 is 5.97 Å². The highest BCUT2D eigenvalue weighted by molar-refractivity contribution is 7.24. The summed E-state index contributed by atoms with van der Waals surface area (Å²) in [7, 11) is 0. The van der Waals surface area contributed by atoms with Crippen molar-refractivity contribution in [2.45, 2.75) is 182 Å². The average molecular weight is 908 g/mol. The van der Waals surface area contributed by atoms with Gasteiger partial charge < -0.3 is 14.2 Å². The zero-order valence-electron chi connectivity index (χ0n) is 39.9. The first kappa shape index (κ1) is 48.3. The molecule has 0 unspecified atom stereocenters. The van der Waals surface area contributed by atoms with Gasteiger partial charge in [0.15, 0.2) is 0 Å². The van der Waals surface area contributed by atoms with Crippen LogP contribution in [0.4, 0.5) is 0 Å². The second-order valence-electron chi connectivity index (χ2n) is 18.5. The van der Waals surface area contributed by atoms with Crippen LogP contribution in [-0.2, 0) is 30.7 Å². The molecule has 0 radical (unpaired) electrons. The maximum absolute atomic E-state index is 12.0. The van der Waals surface area contributed by atoms with Gasteiger partial charge in [-0.15, -0.1) is 22.7 Å². The monoisotopic (exact) mass is 908 g/mol. The maximum Gasteiger partial charge on any atom is 0.346 e. The number of aliphatic carboxylic acids is 1. The minimum Gasteiger partial charge on any atom is -0.477 e. The minimum absolute atomic E-state index is 0.205. The van der Waals surface area contributed by atoms with Gasteiger partial charge in [0.25, 0.3) is 0 Å². The van der Waals surface area contributed by atoms with Crippen molar-refractivity contribution >= 4 is 78.3 Å². The van der Waals surface area contributed by atoms with Crippen molar-refractivity contribution in [1.82, 2.24) is 9.13 Å². The molecule has 0 aliphatic heterocycles. The summed E-state index contributed by atoms with van der Waals surface area (Å²) in [4.78, 5) is 16.7. The fraction of sp³-hybridized carbons (Fsp3) is 0.483. The van der Waals surface area contributed by atoms with Gasteiger partial charge in [-0.2, -0.15) is 5.26 Å². The summed E-state index contributed by atoms with van der Waals surface area (Å²) in [6, 6.07) is 28.0. The van der Waals surface area contributed by atoms with Crippen LogP contribution in [0.15, 0.2) is 72.3 Å². The van der Waals surface area contributed by atoms with Gasteiger partial charge in [0.2, 0.25) is 0 Å². The third-order valence-corrected chi connectivity index (χ3v) is 16.1. The van der Waals surface area contributed by atoms with Gasteiger partial charge in [0, 0.05) is 76.2 Å². The fourth-order valence-corrected chi connectivity index (χ4v) is 12.5. The number of benzene rings is 3. The molecule has 7 rings (SSSR count). The standard InChI is InChI=1S/C58H73N3O2S2/c1-5-9-13-17-19-25-33-60-50-30-24-23-29-46(50)48-39-53-49(40-52(48)60)47-35-43(31-32-51(47)61(53)34-26-20-18-14-10-6-2)55-37-44(28-22-16-12-8-4)57(65-55)56-36-42(27-21-15-11-7-3)54(64-56)38-45(41-59)58(62)63/h23-24,29-32,35-40H,5-22,25-28,33-34H2,1-4H3,(H,62,63)/b45-38-. The van der Waals surface area contributed by atoms with Crippen molar-refractivity contribution in [3.63, 3.8) is 0 Å². The molecule has 0 spiro atoms. The van der Waals surface area contributed by atoms with Crippen LogP contribution in [0.1, 0.15) is 172 Å². The van der Waals surface area contributed by atoms with Crippen molar-refractivity contribution in [2.24, 2.45) is 0 Å². The summed E-state index contributed by atoms with van der Waals surface area (Å²) >= 11 is 3.53. The number of unbranched alkanes of at least 4 members (excludes halogenated alkanes) is 16. The summed E-state index contributed by atoms with van der Waals surface area (Å²) < 4.78 is 5.24. The van der Waals surface area contributed by atoms with Crippen LogP contribution in [0.25, 0.3) is 69.9 Å². The number of para-hydroxylation sites is 1. The number of fused-ring (bicyclic) bond motifs is 6. The number of carboxylic acid groups (broad SMARTS) is 1. The Hall–Kier alpha value is -4.64. The van der Waals surface area contributed by atoms with Crippen LogP contribution in [0.3, 0.4) is 0 Å². The Kier molecular flexibility index (Phi) is 18.0. The molecule has 1 N–H and O–H groups in total. The first-order valence-corrected chi connectivity index (χ1v) is 27.1. The third-order valence-electron chi connectivity index (χ3n) is 13.6. The Labute approximate surface area is 397 Å². The molecule has 0 atom stereocenters. The van der Waals surface area contributed by atoms with E-state index in [0.717, 1.165) is 62.1 Å². The smallest absolute Gasteiger partial charge is 0.346 e. The molecule has 4 aromatic heterocycles. The maximum atomic E-state index is 12.0. The van der Waals surface area contributed by atoms with Gasteiger partial charge in [-0.3, -0.25) is 0 Å². The molecular weight excluding hydrogens is 835 g/mol. The summed E-state index contributed by atoms with van der Waals surface area (Å²) in [5.41, 5.74) is 8.93. The van der Waals surface area contributed by atoms with E-state index in [9.17, 15) is 15.2 Å². The first-order chi connectivity index (χ1) is 31.9. The molecule has 0 aliphatic carbocycles. The average Bonchev–Trinajstić information content (AvgIpc) is 4.08. The molecule has 65 heavy (non-hydrogen) atoms. The Bertz CT molecular complexity index is 2730. The molecule has 4 heterocycles. The number of nitrogens with zero attached hydrogens (tertiary/aromatic N) is 3. The van der Waals surface area contributed by atoms with Gasteiger partial charge in [0.05, 0.1) is 0 Å². The van der Waals surface area contributed by atoms with E-state index in [0.29, 0.717) is 0 Å². The molecule has 3 aromatic carbocycles. The van der Waals surface area contributed by atoms with E-state index in [1.165, 1.54) is 172 Å². The normalized spacial score (nSPS) is 12.1. The summed E-state index contributed by atoms with van der Waals surface area (Å²) in [5, 5.41) is 24.9. The number of thiophene rings is 2. The van der Waals surface area contributed by atoms with Gasteiger partial charge in [-0.05, 0) is 104 Å². The molecular formula is C58H73N3O2S2. The van der Waals surface area contributed by atoms with E-state index < -0.39 is 5.97 Å². The van der Waals surface area contributed by atoms with Crippen LogP contribution in [-0.4, -0.2) is 20.2 Å². The Morgan fingerprint density at radius 1 is 0.554 bits per heavy atom. The van der Waals surface area contributed by atoms with Crippen LogP contribution in [0, 0.1) is 11.3 Å². The molecule has 0 saturated heterocycles. The van der Waals surface area contributed by atoms with E-state index in [1.807, 2.05) is 17.4 Å². The SMILES string of the molecule is CCCCCCCCn1c2ccccc2c2cc3c(cc21)c1cc(-c2cc(CCCCCC)c(-c4cc(CCCCCC)c(/C=C(/C#N)C(=O)O)s4)s2)ccc1n3CCCCCCCC. The Balaban J connectivity index is 1.33. The molecule has 0 aliphatic rings. The van der Waals surface area contributed by atoms with E-state index >= 15 is 0 Å². The van der Waals surface area contributed by atoms with E-state index in [1.54, 1.807) is 17.4 Å². The number of carboxylic acids is 1. The number of nitriles is 1. The lowest BCUT2D eigenvalue weighted by atomic mass is 10.0. The summed E-state index contributed by atoms with van der Waals surface area (Å²) in [5.74, 6) is -1.17. The zero-order valence-corrected chi connectivity index (χ0v) is 41.5. The number of aryl methyl sites for hydroxylation is 4. The number of hydrogen-bond acceptors (Lipinski definition) is 4. The highest BCUT2D eigenvalue weighted by Gasteiger charge is 2.21. The highest BCUT2D eigenvalue weighted by Crippen LogP contribution is 2.45. The van der Waals surface area contributed by atoms with Crippen molar-refractivity contribution in [3.8, 4) is 26.3 Å². The zero-order chi connectivity index (χ0) is 45.5. The first-order valence-electron chi connectivity index (χ1n) is 25.5. The lowest BCUT2D eigenvalue weighted by molar-refractivity contribution is -0.132. The molecule has 7 heteroatoms. The van der Waals surface area contributed by atoms with Crippen LogP contribution >= 0.6 is 22.7 Å². The number of carbonyl (C=O) groups is 1. The van der Waals surface area contributed by atoms with Crippen LogP contribution in [0.5, 0.6) is 0 Å². The van der Waals surface area contributed by atoms with Crippen molar-refractivity contribution in [3.05, 3.63) is 88.3 Å². The minimum atomic E-state index is -1.17. The second kappa shape index (κ2) is 24.2. The molecule has 5 nitrogen and oxygen atoms in total. The predicted molar refractivity (Wildman–Crippen MR) is 283 cm³/mol. The van der Waals surface area contributed by atoms with Crippen LogP contribution in [0.2, 0.25) is 0 Å². The van der Waals surface area contributed by atoms with Gasteiger partial charge in [-0.1, -0.05) is 155 Å². The quantitative estimate of drug-likeness (QED) is 0.0302. The van der Waals surface area contributed by atoms with Crippen LogP contribution < -0.4 is 0 Å². The summed E-state index contributed by atoms with van der Waals surface area (Å²) in [6.45, 7) is 11.1. The van der Waals surface area contributed by atoms with Gasteiger partial charge in [0.1, 0.15) is 11.6 Å². The lowest BCUT2D eigenvalue weighted by Gasteiger charge is -2.09. The van der Waals surface area contributed by atoms with Crippen molar-refractivity contribution in [2.75, 3.05) is 0 Å². The van der Waals surface area contributed by atoms with Crippen molar-refractivity contribution in [1.29, 1.82) is 5.26 Å². The van der Waals surface area contributed by atoms with Gasteiger partial charge in [-0.25, -0.2) is 4.79 Å². The van der Waals surface area contributed by atoms with Crippen molar-refractivity contribution < 1.29 is 9.90 Å². The molecule has 344 valence electrons. The fourth-order valence-electron chi connectivity index (χ4n) is 9.97. The number of hydrogen-bond donors (Lipinski definition) is 1.